The number of rotatable bonds is 2. The number of halogens is 1. The Labute approximate surface area is 150 Å². The van der Waals surface area contributed by atoms with Gasteiger partial charge >= 0.3 is 0 Å². The van der Waals surface area contributed by atoms with Crippen LogP contribution in [-0.2, 0) is 11.8 Å². The van der Waals surface area contributed by atoms with E-state index in [1.807, 2.05) is 13.2 Å². The summed E-state index contributed by atoms with van der Waals surface area (Å²) in [5.41, 5.74) is 0.494. The Bertz CT molecular complexity index is 867. The number of anilines is 1. The molecule has 2 aliphatic heterocycles. The van der Waals surface area contributed by atoms with Crippen molar-refractivity contribution in [2.24, 2.45) is 12.5 Å². The fourth-order valence-corrected chi connectivity index (χ4v) is 4.02. The molecular formula is C18H20FN5O2. The van der Waals surface area contributed by atoms with E-state index in [1.165, 1.54) is 12.3 Å². The van der Waals surface area contributed by atoms with Crippen LogP contribution in [-0.4, -0.2) is 51.1 Å². The lowest BCUT2D eigenvalue weighted by Gasteiger charge is -2.39. The molecule has 2 aromatic rings. The monoisotopic (exact) mass is 357 g/mol. The summed E-state index contributed by atoms with van der Waals surface area (Å²) in [7, 11) is 1.81. The van der Waals surface area contributed by atoms with Crippen LogP contribution in [0, 0.1) is 11.4 Å². The third kappa shape index (κ3) is 2.75. The maximum Gasteiger partial charge on any atom is 0.254 e. The molecule has 1 unspecified atom stereocenters. The molecular weight excluding hydrogens is 337 g/mol. The number of aryl methyl sites for hydroxylation is 1. The standard InChI is InChI=1S/C18H20FN5O2/c1-22-11-14(10-21-22)24-8-5-18(17(24)26)4-2-7-23(12-18)16(25)13-3-6-20-15(19)9-13/h3,6,9-11H,2,4-5,7-8,12H2,1H3. The van der Waals surface area contributed by atoms with Crippen LogP contribution in [0.2, 0.25) is 0 Å². The van der Waals surface area contributed by atoms with Crippen molar-refractivity contribution in [3.05, 3.63) is 42.2 Å². The molecule has 136 valence electrons. The number of hydrogen-bond donors (Lipinski definition) is 0. The second-order valence-electron chi connectivity index (χ2n) is 7.06. The Kier molecular flexibility index (Phi) is 3.97. The predicted octanol–water partition coefficient (Wildman–Crippen LogP) is 1.61. The number of pyridine rings is 1. The maximum atomic E-state index is 13.3. The number of hydrogen-bond acceptors (Lipinski definition) is 4. The van der Waals surface area contributed by atoms with Gasteiger partial charge in [0.25, 0.3) is 5.91 Å². The predicted molar refractivity (Wildman–Crippen MR) is 91.9 cm³/mol. The van der Waals surface area contributed by atoms with Crippen molar-refractivity contribution < 1.29 is 14.0 Å². The quantitative estimate of drug-likeness (QED) is 0.766. The second kappa shape index (κ2) is 6.19. The number of nitrogens with zero attached hydrogens (tertiary/aromatic N) is 5. The fraction of sp³-hybridized carbons (Fsp3) is 0.444. The lowest BCUT2D eigenvalue weighted by atomic mass is 9.78. The highest BCUT2D eigenvalue weighted by Gasteiger charge is 2.50. The van der Waals surface area contributed by atoms with Gasteiger partial charge in [-0.2, -0.15) is 9.49 Å². The summed E-state index contributed by atoms with van der Waals surface area (Å²) in [6, 6.07) is 2.65. The van der Waals surface area contributed by atoms with E-state index in [0.717, 1.165) is 24.6 Å². The van der Waals surface area contributed by atoms with Crippen LogP contribution >= 0.6 is 0 Å². The minimum atomic E-state index is -0.678. The van der Waals surface area contributed by atoms with Crippen molar-refractivity contribution in [2.45, 2.75) is 19.3 Å². The Morgan fingerprint density at radius 3 is 2.88 bits per heavy atom. The van der Waals surface area contributed by atoms with Crippen molar-refractivity contribution in [1.29, 1.82) is 0 Å². The first kappa shape index (κ1) is 16.7. The molecule has 0 bridgehead atoms. The lowest BCUT2D eigenvalue weighted by molar-refractivity contribution is -0.127. The highest BCUT2D eigenvalue weighted by atomic mass is 19.1. The van der Waals surface area contributed by atoms with Gasteiger partial charge < -0.3 is 9.80 Å². The first-order valence-electron chi connectivity index (χ1n) is 8.70. The summed E-state index contributed by atoms with van der Waals surface area (Å²) in [5.74, 6) is -0.885. The van der Waals surface area contributed by atoms with Gasteiger partial charge in [-0.3, -0.25) is 14.3 Å². The van der Waals surface area contributed by atoms with Crippen LogP contribution in [0.15, 0.2) is 30.7 Å². The minimum Gasteiger partial charge on any atom is -0.338 e. The van der Waals surface area contributed by atoms with E-state index in [9.17, 15) is 14.0 Å². The molecule has 7 nitrogen and oxygen atoms in total. The maximum absolute atomic E-state index is 13.3. The van der Waals surface area contributed by atoms with Crippen LogP contribution in [0.1, 0.15) is 29.6 Å². The molecule has 0 radical (unpaired) electrons. The topological polar surface area (TPSA) is 71.3 Å². The molecule has 4 rings (SSSR count). The molecule has 2 amide bonds. The van der Waals surface area contributed by atoms with Gasteiger partial charge in [-0.05, 0) is 25.3 Å². The van der Waals surface area contributed by atoms with Crippen LogP contribution in [0.3, 0.4) is 0 Å². The van der Waals surface area contributed by atoms with E-state index in [-0.39, 0.29) is 17.4 Å². The summed E-state index contributed by atoms with van der Waals surface area (Å²) in [6.07, 6.45) is 7.01. The van der Waals surface area contributed by atoms with Gasteiger partial charge in [0.1, 0.15) is 0 Å². The van der Waals surface area contributed by atoms with Crippen LogP contribution < -0.4 is 4.90 Å². The molecule has 2 aliphatic rings. The SMILES string of the molecule is Cn1cc(N2CCC3(CCCN(C(=O)c4ccnc(F)c4)C3)C2=O)cn1. The molecule has 1 spiro atoms. The number of carbonyl (C=O) groups is 2. The first-order valence-corrected chi connectivity index (χ1v) is 8.70. The first-order chi connectivity index (χ1) is 12.5. The number of piperidine rings is 1. The Hall–Kier alpha value is -2.77. The van der Waals surface area contributed by atoms with Crippen molar-refractivity contribution in [3.8, 4) is 0 Å². The Morgan fingerprint density at radius 1 is 1.31 bits per heavy atom. The molecule has 2 saturated heterocycles. The molecule has 8 heteroatoms. The molecule has 2 aromatic heterocycles. The third-order valence-electron chi connectivity index (χ3n) is 5.35. The molecule has 0 N–H and O–H groups in total. The van der Waals surface area contributed by atoms with E-state index in [0.29, 0.717) is 26.1 Å². The number of carbonyl (C=O) groups excluding carboxylic acids is 2. The molecule has 0 aliphatic carbocycles. The van der Waals surface area contributed by atoms with E-state index in [2.05, 4.69) is 10.1 Å². The van der Waals surface area contributed by atoms with E-state index in [1.54, 1.807) is 20.7 Å². The average Bonchev–Trinajstić information content (AvgIpc) is 3.19. The molecule has 26 heavy (non-hydrogen) atoms. The van der Waals surface area contributed by atoms with Gasteiger partial charge in [0.15, 0.2) is 0 Å². The van der Waals surface area contributed by atoms with Gasteiger partial charge in [-0.15, -0.1) is 0 Å². The van der Waals surface area contributed by atoms with Gasteiger partial charge in [-0.25, -0.2) is 4.98 Å². The zero-order chi connectivity index (χ0) is 18.3. The Balaban J connectivity index is 1.55. The smallest absolute Gasteiger partial charge is 0.254 e. The summed E-state index contributed by atoms with van der Waals surface area (Å²) in [5, 5.41) is 4.14. The largest absolute Gasteiger partial charge is 0.338 e. The molecule has 2 fully saturated rings. The van der Waals surface area contributed by atoms with Crippen molar-refractivity contribution in [2.75, 3.05) is 24.5 Å². The van der Waals surface area contributed by atoms with Gasteiger partial charge in [0.2, 0.25) is 11.9 Å². The highest BCUT2D eigenvalue weighted by Crippen LogP contribution is 2.42. The van der Waals surface area contributed by atoms with Crippen molar-refractivity contribution in [3.63, 3.8) is 0 Å². The van der Waals surface area contributed by atoms with Crippen LogP contribution in [0.4, 0.5) is 10.1 Å². The van der Waals surface area contributed by atoms with Crippen molar-refractivity contribution in [1.82, 2.24) is 19.7 Å². The summed E-state index contributed by atoms with van der Waals surface area (Å²) >= 11 is 0. The second-order valence-corrected chi connectivity index (χ2v) is 7.06. The molecule has 1 atom stereocenters. The molecule has 4 heterocycles. The summed E-state index contributed by atoms with van der Waals surface area (Å²) in [6.45, 7) is 1.56. The van der Waals surface area contributed by atoms with Gasteiger partial charge in [0.05, 0.1) is 17.3 Å². The average molecular weight is 357 g/mol. The number of likely N-dealkylation sites (tertiary alicyclic amines) is 1. The summed E-state index contributed by atoms with van der Waals surface area (Å²) < 4.78 is 15.0. The Morgan fingerprint density at radius 2 is 2.15 bits per heavy atom. The fourth-order valence-electron chi connectivity index (χ4n) is 4.02. The van der Waals surface area contributed by atoms with Gasteiger partial charge in [0, 0.05) is 50.7 Å². The number of amides is 2. The highest BCUT2D eigenvalue weighted by molar-refractivity contribution is 6.01. The molecule has 0 aromatic carbocycles. The van der Waals surface area contributed by atoms with Crippen LogP contribution in [0.5, 0.6) is 0 Å². The van der Waals surface area contributed by atoms with E-state index >= 15 is 0 Å². The normalized spacial score (nSPS) is 23.1. The molecule has 0 saturated carbocycles. The summed E-state index contributed by atoms with van der Waals surface area (Å²) in [4.78, 5) is 32.8. The zero-order valence-corrected chi connectivity index (χ0v) is 14.6. The lowest BCUT2D eigenvalue weighted by Crippen LogP contribution is -2.50. The number of aromatic nitrogens is 3. The van der Waals surface area contributed by atoms with Crippen LogP contribution in [0.25, 0.3) is 0 Å². The van der Waals surface area contributed by atoms with E-state index in [4.69, 9.17) is 0 Å². The zero-order valence-electron chi connectivity index (χ0n) is 14.6. The van der Waals surface area contributed by atoms with E-state index < -0.39 is 11.4 Å². The third-order valence-corrected chi connectivity index (χ3v) is 5.35. The minimum absolute atomic E-state index is 0.0453. The van der Waals surface area contributed by atoms with Crippen molar-refractivity contribution >= 4 is 17.5 Å². The van der Waals surface area contributed by atoms with Gasteiger partial charge in [-0.1, -0.05) is 0 Å².